The highest BCUT2D eigenvalue weighted by molar-refractivity contribution is 14.1. The molecule has 2 rings (SSSR count). The van der Waals surface area contributed by atoms with Crippen LogP contribution in [0.2, 0.25) is 0 Å². The highest BCUT2D eigenvalue weighted by Crippen LogP contribution is 2.17. The molecule has 0 saturated carbocycles. The predicted octanol–water partition coefficient (Wildman–Crippen LogP) is 1.94. The van der Waals surface area contributed by atoms with Crippen molar-refractivity contribution in [2.24, 2.45) is 0 Å². The number of hydrogen-bond acceptors (Lipinski definition) is 5. The van der Waals surface area contributed by atoms with Gasteiger partial charge in [-0.3, -0.25) is 4.72 Å². The second-order valence-electron chi connectivity index (χ2n) is 2.80. The SMILES string of the molecule is O=S(=O)(Nc1nncs1)c1ccc(I)cc1. The largest absolute Gasteiger partial charge is 0.263 e. The molecule has 0 atom stereocenters. The topological polar surface area (TPSA) is 72.0 Å². The van der Waals surface area contributed by atoms with Gasteiger partial charge in [0.05, 0.1) is 4.90 Å². The van der Waals surface area contributed by atoms with Crippen LogP contribution in [0.1, 0.15) is 0 Å². The highest BCUT2D eigenvalue weighted by Gasteiger charge is 2.15. The Kier molecular flexibility index (Phi) is 3.40. The lowest BCUT2D eigenvalue weighted by Gasteiger charge is -2.04. The van der Waals surface area contributed by atoms with Crippen LogP contribution in [-0.2, 0) is 10.0 Å². The molecule has 0 amide bonds. The van der Waals surface area contributed by atoms with Crippen LogP contribution in [0, 0.1) is 3.57 Å². The number of nitrogens with one attached hydrogen (secondary N) is 1. The van der Waals surface area contributed by atoms with Crippen molar-refractivity contribution >= 4 is 49.1 Å². The number of benzene rings is 1. The van der Waals surface area contributed by atoms with Crippen molar-refractivity contribution in [1.82, 2.24) is 10.2 Å². The average Bonchev–Trinajstić information content (AvgIpc) is 2.70. The molecule has 0 radical (unpaired) electrons. The molecule has 16 heavy (non-hydrogen) atoms. The standard InChI is InChI=1S/C8H6IN3O2S2/c9-6-1-3-7(4-2-6)16(13,14)12-8-11-10-5-15-8/h1-5H,(H,11,12). The first-order valence-corrected chi connectivity index (χ1v) is 7.57. The van der Waals surface area contributed by atoms with Crippen LogP contribution in [0.25, 0.3) is 0 Å². The van der Waals surface area contributed by atoms with E-state index < -0.39 is 10.0 Å². The minimum atomic E-state index is -3.55. The first-order chi connectivity index (χ1) is 7.58. The molecule has 1 heterocycles. The van der Waals surface area contributed by atoms with Gasteiger partial charge in [-0.15, -0.1) is 10.2 Å². The Morgan fingerprint density at radius 1 is 1.25 bits per heavy atom. The molecule has 2 aromatic rings. The molecule has 0 aliphatic heterocycles. The number of sulfonamides is 1. The molecule has 84 valence electrons. The van der Waals surface area contributed by atoms with E-state index >= 15 is 0 Å². The van der Waals surface area contributed by atoms with Crippen molar-refractivity contribution < 1.29 is 8.42 Å². The molecular weight excluding hydrogens is 361 g/mol. The lowest BCUT2D eigenvalue weighted by molar-refractivity contribution is 0.601. The summed E-state index contributed by atoms with van der Waals surface area (Å²) < 4.78 is 27.0. The van der Waals surface area contributed by atoms with Gasteiger partial charge in [0.15, 0.2) is 0 Å². The van der Waals surface area contributed by atoms with E-state index in [-0.39, 0.29) is 10.0 Å². The Morgan fingerprint density at radius 3 is 2.50 bits per heavy atom. The molecule has 0 fully saturated rings. The molecule has 1 aromatic heterocycles. The first-order valence-electron chi connectivity index (χ1n) is 4.12. The Balaban J connectivity index is 2.29. The van der Waals surface area contributed by atoms with E-state index in [2.05, 4.69) is 37.5 Å². The summed E-state index contributed by atoms with van der Waals surface area (Å²) in [6.07, 6.45) is 0. The smallest absolute Gasteiger partial charge is 0.253 e. The van der Waals surface area contributed by atoms with Crippen LogP contribution in [0.5, 0.6) is 0 Å². The van der Waals surface area contributed by atoms with E-state index in [1.54, 1.807) is 24.3 Å². The van der Waals surface area contributed by atoms with Crippen LogP contribution >= 0.6 is 33.9 Å². The van der Waals surface area contributed by atoms with E-state index in [0.29, 0.717) is 0 Å². The second-order valence-corrected chi connectivity index (χ2v) is 6.56. The number of nitrogens with zero attached hydrogens (tertiary/aromatic N) is 2. The minimum absolute atomic E-state index is 0.211. The number of aromatic nitrogens is 2. The van der Waals surface area contributed by atoms with Crippen molar-refractivity contribution in [3.8, 4) is 0 Å². The van der Waals surface area contributed by atoms with Crippen LogP contribution in [0.3, 0.4) is 0 Å². The zero-order chi connectivity index (χ0) is 11.6. The molecule has 1 N–H and O–H groups in total. The minimum Gasteiger partial charge on any atom is -0.253 e. The van der Waals surface area contributed by atoms with Gasteiger partial charge in [-0.05, 0) is 46.9 Å². The van der Waals surface area contributed by atoms with Gasteiger partial charge in [-0.1, -0.05) is 11.3 Å². The van der Waals surface area contributed by atoms with Crippen LogP contribution in [0.15, 0.2) is 34.7 Å². The van der Waals surface area contributed by atoms with E-state index in [1.165, 1.54) is 5.51 Å². The van der Waals surface area contributed by atoms with Gasteiger partial charge in [0.25, 0.3) is 10.0 Å². The monoisotopic (exact) mass is 367 g/mol. The number of anilines is 1. The molecule has 0 bridgehead atoms. The fraction of sp³-hybridized carbons (Fsp3) is 0. The van der Waals surface area contributed by atoms with Crippen molar-refractivity contribution in [1.29, 1.82) is 0 Å². The van der Waals surface area contributed by atoms with Crippen LogP contribution in [-0.4, -0.2) is 18.6 Å². The van der Waals surface area contributed by atoms with Crippen LogP contribution < -0.4 is 4.72 Å². The maximum absolute atomic E-state index is 11.8. The zero-order valence-electron chi connectivity index (χ0n) is 7.79. The number of hydrogen-bond donors (Lipinski definition) is 1. The third kappa shape index (κ3) is 2.68. The summed E-state index contributed by atoms with van der Waals surface area (Å²) in [5, 5.41) is 7.44. The summed E-state index contributed by atoms with van der Waals surface area (Å²) in [6.45, 7) is 0. The average molecular weight is 367 g/mol. The molecule has 0 aliphatic carbocycles. The van der Waals surface area contributed by atoms with E-state index in [4.69, 9.17) is 0 Å². The van der Waals surface area contributed by atoms with E-state index in [0.717, 1.165) is 14.9 Å². The molecular formula is C8H6IN3O2S2. The lowest BCUT2D eigenvalue weighted by Crippen LogP contribution is -2.12. The summed E-state index contributed by atoms with van der Waals surface area (Å²) in [6, 6.07) is 6.56. The first kappa shape index (κ1) is 11.7. The third-order valence-electron chi connectivity index (χ3n) is 1.71. The summed E-state index contributed by atoms with van der Waals surface area (Å²) in [7, 11) is -3.55. The summed E-state index contributed by atoms with van der Waals surface area (Å²) >= 11 is 3.25. The molecule has 5 nitrogen and oxygen atoms in total. The van der Waals surface area contributed by atoms with Crippen molar-refractivity contribution in [3.63, 3.8) is 0 Å². The van der Waals surface area contributed by atoms with E-state index in [1.807, 2.05) is 0 Å². The van der Waals surface area contributed by atoms with Crippen molar-refractivity contribution in [2.75, 3.05) is 4.72 Å². The summed E-state index contributed by atoms with van der Waals surface area (Å²) in [5.41, 5.74) is 1.46. The predicted molar refractivity (Wildman–Crippen MR) is 69.9 cm³/mol. The Morgan fingerprint density at radius 2 is 1.94 bits per heavy atom. The zero-order valence-corrected chi connectivity index (χ0v) is 11.6. The maximum Gasteiger partial charge on any atom is 0.263 e. The van der Waals surface area contributed by atoms with Crippen molar-refractivity contribution in [2.45, 2.75) is 4.90 Å². The molecule has 8 heteroatoms. The van der Waals surface area contributed by atoms with Gasteiger partial charge < -0.3 is 0 Å². The van der Waals surface area contributed by atoms with Crippen LogP contribution in [0.4, 0.5) is 5.13 Å². The fourth-order valence-corrected chi connectivity index (χ4v) is 3.06. The Hall–Kier alpha value is -0.740. The highest BCUT2D eigenvalue weighted by atomic mass is 127. The molecule has 1 aromatic carbocycles. The van der Waals surface area contributed by atoms with Gasteiger partial charge in [0.1, 0.15) is 5.51 Å². The lowest BCUT2D eigenvalue weighted by atomic mass is 10.4. The third-order valence-corrected chi connectivity index (χ3v) is 4.52. The molecule has 0 unspecified atom stereocenters. The summed E-state index contributed by atoms with van der Waals surface area (Å²) in [5.74, 6) is 0. The van der Waals surface area contributed by atoms with Gasteiger partial charge in [0, 0.05) is 3.57 Å². The molecule has 0 saturated heterocycles. The van der Waals surface area contributed by atoms with Gasteiger partial charge in [-0.25, -0.2) is 8.42 Å². The second kappa shape index (κ2) is 4.63. The number of rotatable bonds is 3. The van der Waals surface area contributed by atoms with E-state index in [9.17, 15) is 8.42 Å². The fourth-order valence-electron chi connectivity index (χ4n) is 1.01. The number of halogens is 1. The molecule has 0 aliphatic rings. The Labute approximate surface area is 110 Å². The van der Waals surface area contributed by atoms with Gasteiger partial charge in [0.2, 0.25) is 5.13 Å². The van der Waals surface area contributed by atoms with Gasteiger partial charge in [-0.2, -0.15) is 0 Å². The van der Waals surface area contributed by atoms with Crippen molar-refractivity contribution in [3.05, 3.63) is 33.3 Å². The summed E-state index contributed by atoms with van der Waals surface area (Å²) in [4.78, 5) is 0.211. The Bertz CT molecular complexity index is 566. The normalized spacial score (nSPS) is 11.3. The quantitative estimate of drug-likeness (QED) is 0.842. The maximum atomic E-state index is 11.8. The van der Waals surface area contributed by atoms with Gasteiger partial charge >= 0.3 is 0 Å². The molecule has 0 spiro atoms.